The summed E-state index contributed by atoms with van der Waals surface area (Å²) in [6.45, 7) is 6.35. The summed E-state index contributed by atoms with van der Waals surface area (Å²) < 4.78 is 5.35. The number of ether oxygens (including phenoxy) is 1. The van der Waals surface area contributed by atoms with Crippen molar-refractivity contribution in [2.45, 2.75) is 40.0 Å². The molecule has 4 rings (SSSR count). The largest absolute Gasteiger partial charge is 0.496 e. The molecule has 1 unspecified atom stereocenters. The third kappa shape index (κ3) is 1.42. The van der Waals surface area contributed by atoms with E-state index in [0.29, 0.717) is 16.9 Å². The average molecular weight is 298 g/mol. The predicted molar refractivity (Wildman–Crippen MR) is 83.4 cm³/mol. The highest BCUT2D eigenvalue weighted by molar-refractivity contribution is 6.21. The Morgan fingerprint density at radius 1 is 1.14 bits per heavy atom. The normalized spacial score (nSPS) is 34.5. The SMILES string of the molecule is COc1cc2c(cc1C)C(=O)[C@H]1[C@H]3C(C)(C)CCCC13C2=O. The van der Waals surface area contributed by atoms with Crippen LogP contribution in [0.2, 0.25) is 0 Å². The molecule has 0 aromatic heterocycles. The molecular weight excluding hydrogens is 276 g/mol. The number of rotatable bonds is 1. The number of hydrogen-bond donors (Lipinski definition) is 0. The molecule has 0 amide bonds. The van der Waals surface area contributed by atoms with Gasteiger partial charge in [0.1, 0.15) is 5.75 Å². The number of aryl methyl sites for hydroxylation is 1. The summed E-state index contributed by atoms with van der Waals surface area (Å²) in [4.78, 5) is 26.2. The topological polar surface area (TPSA) is 43.4 Å². The van der Waals surface area contributed by atoms with Crippen LogP contribution in [0.5, 0.6) is 5.75 Å². The molecule has 3 atom stereocenters. The van der Waals surface area contributed by atoms with Gasteiger partial charge in [0.05, 0.1) is 7.11 Å². The lowest BCUT2D eigenvalue weighted by Gasteiger charge is -2.33. The van der Waals surface area contributed by atoms with Crippen molar-refractivity contribution < 1.29 is 14.3 Å². The van der Waals surface area contributed by atoms with Gasteiger partial charge in [0, 0.05) is 22.5 Å². The first kappa shape index (κ1) is 14.0. The third-order valence-corrected chi connectivity index (χ3v) is 6.34. The minimum atomic E-state index is -0.411. The Morgan fingerprint density at radius 3 is 2.55 bits per heavy atom. The van der Waals surface area contributed by atoms with Crippen molar-refractivity contribution in [3.63, 3.8) is 0 Å². The maximum Gasteiger partial charge on any atom is 0.170 e. The molecule has 0 radical (unpaired) electrons. The van der Waals surface area contributed by atoms with E-state index in [-0.39, 0.29) is 28.8 Å². The first-order chi connectivity index (χ1) is 10.3. The highest BCUT2D eigenvalue weighted by Crippen LogP contribution is 2.75. The number of hydrogen-bond acceptors (Lipinski definition) is 3. The van der Waals surface area contributed by atoms with E-state index in [4.69, 9.17) is 4.74 Å². The van der Waals surface area contributed by atoms with Crippen molar-refractivity contribution in [1.29, 1.82) is 0 Å². The zero-order valence-corrected chi connectivity index (χ0v) is 13.7. The van der Waals surface area contributed by atoms with E-state index >= 15 is 0 Å². The van der Waals surface area contributed by atoms with E-state index in [9.17, 15) is 9.59 Å². The summed E-state index contributed by atoms with van der Waals surface area (Å²) in [5, 5.41) is 0. The summed E-state index contributed by atoms with van der Waals surface area (Å²) in [6, 6.07) is 3.63. The van der Waals surface area contributed by atoms with Crippen molar-refractivity contribution in [3.05, 3.63) is 28.8 Å². The van der Waals surface area contributed by atoms with Gasteiger partial charge >= 0.3 is 0 Å². The zero-order valence-electron chi connectivity index (χ0n) is 13.7. The molecule has 3 aliphatic rings. The van der Waals surface area contributed by atoms with Crippen LogP contribution in [-0.4, -0.2) is 18.7 Å². The van der Waals surface area contributed by atoms with Gasteiger partial charge in [-0.1, -0.05) is 20.3 Å². The number of Topliss-reactive ketones (excluding diaryl/α,β-unsaturated/α-hetero) is 2. The minimum Gasteiger partial charge on any atom is -0.496 e. The quantitative estimate of drug-likeness (QED) is 0.791. The van der Waals surface area contributed by atoms with E-state index in [1.807, 2.05) is 13.0 Å². The van der Waals surface area contributed by atoms with E-state index in [1.54, 1.807) is 13.2 Å². The van der Waals surface area contributed by atoms with Crippen molar-refractivity contribution in [2.75, 3.05) is 7.11 Å². The van der Waals surface area contributed by atoms with Crippen LogP contribution in [0.3, 0.4) is 0 Å². The second kappa shape index (κ2) is 4.01. The Labute approximate surface area is 131 Å². The van der Waals surface area contributed by atoms with Crippen LogP contribution in [0.15, 0.2) is 12.1 Å². The van der Waals surface area contributed by atoms with Crippen LogP contribution < -0.4 is 4.74 Å². The van der Waals surface area contributed by atoms with Crippen LogP contribution in [0.4, 0.5) is 0 Å². The monoisotopic (exact) mass is 298 g/mol. The first-order valence-corrected chi connectivity index (χ1v) is 8.12. The fourth-order valence-corrected chi connectivity index (χ4v) is 5.39. The van der Waals surface area contributed by atoms with Crippen LogP contribution >= 0.6 is 0 Å². The molecule has 1 aromatic rings. The zero-order chi connectivity index (χ0) is 15.9. The fourth-order valence-electron chi connectivity index (χ4n) is 5.39. The van der Waals surface area contributed by atoms with Gasteiger partial charge in [-0.15, -0.1) is 0 Å². The Balaban J connectivity index is 1.90. The van der Waals surface area contributed by atoms with Gasteiger partial charge in [-0.25, -0.2) is 0 Å². The minimum absolute atomic E-state index is 0.0788. The molecule has 22 heavy (non-hydrogen) atoms. The van der Waals surface area contributed by atoms with Crippen molar-refractivity contribution in [1.82, 2.24) is 0 Å². The Kier molecular flexibility index (Phi) is 2.55. The molecule has 3 heteroatoms. The molecule has 0 aliphatic heterocycles. The van der Waals surface area contributed by atoms with Crippen molar-refractivity contribution in [2.24, 2.45) is 22.7 Å². The molecule has 1 aromatic carbocycles. The van der Waals surface area contributed by atoms with Gasteiger partial charge < -0.3 is 4.74 Å². The van der Waals surface area contributed by atoms with Crippen LogP contribution in [0, 0.1) is 29.6 Å². The number of methoxy groups -OCH3 is 1. The smallest absolute Gasteiger partial charge is 0.170 e. The summed E-state index contributed by atoms with van der Waals surface area (Å²) in [6.07, 6.45) is 3.01. The Morgan fingerprint density at radius 2 is 1.86 bits per heavy atom. The number of benzene rings is 1. The molecular formula is C19H22O3. The maximum atomic E-state index is 13.2. The van der Waals surface area contributed by atoms with Gasteiger partial charge in [0.2, 0.25) is 0 Å². The summed E-state index contributed by atoms with van der Waals surface area (Å²) >= 11 is 0. The maximum absolute atomic E-state index is 13.2. The standard InChI is InChI=1S/C19H22O3/c1-10-8-11-12(9-13(10)22-4)17(21)19-7-5-6-18(2,3)16(19)14(19)15(11)20/h8-9,14,16H,5-7H2,1-4H3/t14-,16-,19?/m0/s1. The lowest BCUT2D eigenvalue weighted by atomic mass is 9.69. The number of carbonyl (C=O) groups is 2. The lowest BCUT2D eigenvalue weighted by Crippen LogP contribution is -2.33. The first-order valence-electron chi connectivity index (χ1n) is 8.12. The van der Waals surface area contributed by atoms with Gasteiger partial charge in [-0.05, 0) is 48.8 Å². The van der Waals surface area contributed by atoms with E-state index < -0.39 is 5.41 Å². The molecule has 1 spiro atoms. The molecule has 0 N–H and O–H groups in total. The van der Waals surface area contributed by atoms with Crippen molar-refractivity contribution >= 4 is 11.6 Å². The van der Waals surface area contributed by atoms with Crippen LogP contribution in [0.25, 0.3) is 0 Å². The van der Waals surface area contributed by atoms with E-state index in [1.165, 1.54) is 0 Å². The molecule has 116 valence electrons. The highest BCUT2D eigenvalue weighted by Gasteiger charge is 2.78. The third-order valence-electron chi connectivity index (χ3n) is 6.34. The highest BCUT2D eigenvalue weighted by atomic mass is 16.5. The van der Waals surface area contributed by atoms with Gasteiger partial charge in [0.25, 0.3) is 0 Å². The lowest BCUT2D eigenvalue weighted by molar-refractivity contribution is 0.0752. The van der Waals surface area contributed by atoms with Gasteiger partial charge in [0.15, 0.2) is 11.6 Å². The van der Waals surface area contributed by atoms with Crippen LogP contribution in [-0.2, 0) is 0 Å². The van der Waals surface area contributed by atoms with E-state index in [2.05, 4.69) is 13.8 Å². The van der Waals surface area contributed by atoms with Gasteiger partial charge in [-0.2, -0.15) is 0 Å². The van der Waals surface area contributed by atoms with Crippen molar-refractivity contribution in [3.8, 4) is 5.75 Å². The molecule has 0 bridgehead atoms. The summed E-state index contributed by atoms with van der Waals surface area (Å²) in [7, 11) is 1.61. The molecule has 3 nitrogen and oxygen atoms in total. The fraction of sp³-hybridized carbons (Fsp3) is 0.579. The molecule has 2 saturated carbocycles. The molecule has 0 heterocycles. The number of carbonyl (C=O) groups excluding carboxylic acids is 2. The average Bonchev–Trinajstić information content (AvgIpc) is 3.17. The molecule has 0 saturated heterocycles. The Hall–Kier alpha value is -1.64. The van der Waals surface area contributed by atoms with Gasteiger partial charge in [-0.3, -0.25) is 9.59 Å². The predicted octanol–water partition coefficient (Wildman–Crippen LogP) is 3.83. The Bertz CT molecular complexity index is 716. The second-order valence-corrected chi connectivity index (χ2v) is 7.90. The number of fused-ring (bicyclic) bond motifs is 2. The molecule has 3 aliphatic carbocycles. The van der Waals surface area contributed by atoms with E-state index in [0.717, 1.165) is 24.8 Å². The summed E-state index contributed by atoms with van der Waals surface area (Å²) in [5.74, 6) is 1.19. The second-order valence-electron chi connectivity index (χ2n) is 7.90. The van der Waals surface area contributed by atoms with Crippen LogP contribution in [0.1, 0.15) is 59.4 Å². The summed E-state index contributed by atoms with van der Waals surface area (Å²) in [5.41, 5.74) is 1.79. The molecule has 2 fully saturated rings. The number of ketones is 2.